The number of methoxy groups -OCH3 is 2. The van der Waals surface area contributed by atoms with E-state index in [-0.39, 0.29) is 6.04 Å². The highest BCUT2D eigenvalue weighted by atomic mass is 16.5. The van der Waals surface area contributed by atoms with Crippen molar-refractivity contribution in [2.75, 3.05) is 14.2 Å². The standard InChI is InChI=1S/C15H22N2O2/c1-9(16)6-12-10(2)17(3)13-7-11(18-4)8-14(19-5)15(12)13/h7-9H,6,16H2,1-5H3. The number of hydrogen-bond donors (Lipinski definition) is 1. The third-order valence-electron chi connectivity index (χ3n) is 3.64. The number of nitrogens with two attached hydrogens (primary N) is 1. The molecule has 2 rings (SSSR count). The van der Waals surface area contributed by atoms with E-state index in [0.29, 0.717) is 0 Å². The van der Waals surface area contributed by atoms with Crippen molar-refractivity contribution in [2.24, 2.45) is 12.8 Å². The molecule has 0 radical (unpaired) electrons. The number of aryl methyl sites for hydroxylation is 1. The van der Waals surface area contributed by atoms with Crippen LogP contribution in [0.4, 0.5) is 0 Å². The average Bonchev–Trinajstić information content (AvgIpc) is 2.62. The van der Waals surface area contributed by atoms with E-state index in [1.165, 1.54) is 11.3 Å². The van der Waals surface area contributed by atoms with E-state index in [1.807, 2.05) is 19.1 Å². The van der Waals surface area contributed by atoms with Crippen LogP contribution in [-0.2, 0) is 13.5 Å². The predicted molar refractivity (Wildman–Crippen MR) is 78.1 cm³/mol. The highest BCUT2D eigenvalue weighted by molar-refractivity contribution is 5.92. The fourth-order valence-corrected chi connectivity index (χ4v) is 2.56. The van der Waals surface area contributed by atoms with Crippen molar-refractivity contribution in [1.82, 2.24) is 4.57 Å². The van der Waals surface area contributed by atoms with Gasteiger partial charge in [-0.15, -0.1) is 0 Å². The molecular formula is C15H22N2O2. The third kappa shape index (κ3) is 2.28. The van der Waals surface area contributed by atoms with Gasteiger partial charge >= 0.3 is 0 Å². The summed E-state index contributed by atoms with van der Waals surface area (Å²) in [6.45, 7) is 4.14. The molecule has 4 nitrogen and oxygen atoms in total. The molecular weight excluding hydrogens is 240 g/mol. The molecule has 0 bridgehead atoms. The van der Waals surface area contributed by atoms with E-state index in [0.717, 1.165) is 28.8 Å². The maximum absolute atomic E-state index is 5.97. The minimum Gasteiger partial charge on any atom is -0.497 e. The Morgan fingerprint density at radius 2 is 1.95 bits per heavy atom. The van der Waals surface area contributed by atoms with Crippen LogP contribution in [0.3, 0.4) is 0 Å². The van der Waals surface area contributed by atoms with Crippen LogP contribution >= 0.6 is 0 Å². The Bertz CT molecular complexity index is 600. The van der Waals surface area contributed by atoms with Crippen molar-refractivity contribution in [2.45, 2.75) is 26.3 Å². The first-order valence-corrected chi connectivity index (χ1v) is 6.45. The monoisotopic (exact) mass is 262 g/mol. The minimum absolute atomic E-state index is 0.121. The smallest absolute Gasteiger partial charge is 0.132 e. The molecule has 2 N–H and O–H groups in total. The van der Waals surface area contributed by atoms with Crippen molar-refractivity contribution in [3.05, 3.63) is 23.4 Å². The molecule has 1 aromatic carbocycles. The van der Waals surface area contributed by atoms with E-state index in [9.17, 15) is 0 Å². The highest BCUT2D eigenvalue weighted by Gasteiger charge is 2.18. The normalized spacial score (nSPS) is 12.7. The van der Waals surface area contributed by atoms with Crippen molar-refractivity contribution >= 4 is 10.9 Å². The Hall–Kier alpha value is -1.68. The first-order chi connectivity index (χ1) is 8.99. The number of rotatable bonds is 4. The third-order valence-corrected chi connectivity index (χ3v) is 3.64. The van der Waals surface area contributed by atoms with Crippen LogP contribution in [0, 0.1) is 6.92 Å². The molecule has 2 aromatic rings. The van der Waals surface area contributed by atoms with Gasteiger partial charge in [-0.25, -0.2) is 0 Å². The Labute approximate surface area is 114 Å². The molecule has 1 aromatic heterocycles. The molecule has 1 heterocycles. The maximum Gasteiger partial charge on any atom is 0.132 e. The van der Waals surface area contributed by atoms with Gasteiger partial charge in [0, 0.05) is 36.3 Å². The molecule has 0 amide bonds. The van der Waals surface area contributed by atoms with Gasteiger partial charge in [0.1, 0.15) is 11.5 Å². The van der Waals surface area contributed by atoms with Crippen LogP contribution in [0.1, 0.15) is 18.2 Å². The topological polar surface area (TPSA) is 49.4 Å². The number of ether oxygens (including phenoxy) is 2. The minimum atomic E-state index is 0.121. The van der Waals surface area contributed by atoms with Gasteiger partial charge in [0.15, 0.2) is 0 Å². The fraction of sp³-hybridized carbons (Fsp3) is 0.467. The fourth-order valence-electron chi connectivity index (χ4n) is 2.56. The molecule has 104 valence electrons. The van der Waals surface area contributed by atoms with Crippen LogP contribution in [0.2, 0.25) is 0 Å². The van der Waals surface area contributed by atoms with Crippen molar-refractivity contribution in [3.8, 4) is 11.5 Å². The second-order valence-corrected chi connectivity index (χ2v) is 5.03. The zero-order valence-electron chi connectivity index (χ0n) is 12.3. The summed E-state index contributed by atoms with van der Waals surface area (Å²) < 4.78 is 13.0. The quantitative estimate of drug-likeness (QED) is 0.920. The lowest BCUT2D eigenvalue weighted by atomic mass is 10.0. The predicted octanol–water partition coefficient (Wildman–Crippen LogP) is 2.39. The Kier molecular flexibility index (Phi) is 3.71. The summed E-state index contributed by atoms with van der Waals surface area (Å²) in [5.41, 5.74) is 9.56. The Morgan fingerprint density at radius 1 is 1.26 bits per heavy atom. The number of fused-ring (bicyclic) bond motifs is 1. The average molecular weight is 262 g/mol. The van der Waals surface area contributed by atoms with E-state index in [4.69, 9.17) is 15.2 Å². The summed E-state index contributed by atoms with van der Waals surface area (Å²) in [5.74, 6) is 1.64. The Morgan fingerprint density at radius 3 is 2.47 bits per heavy atom. The highest BCUT2D eigenvalue weighted by Crippen LogP contribution is 2.37. The lowest BCUT2D eigenvalue weighted by Gasteiger charge is -2.09. The van der Waals surface area contributed by atoms with E-state index in [1.54, 1.807) is 14.2 Å². The molecule has 0 aliphatic rings. The van der Waals surface area contributed by atoms with Gasteiger partial charge in [-0.05, 0) is 25.8 Å². The summed E-state index contributed by atoms with van der Waals surface area (Å²) in [6, 6.07) is 4.08. The second-order valence-electron chi connectivity index (χ2n) is 5.03. The molecule has 4 heteroatoms. The molecule has 1 atom stereocenters. The summed E-state index contributed by atoms with van der Waals surface area (Å²) in [5, 5.41) is 1.14. The molecule has 19 heavy (non-hydrogen) atoms. The Balaban J connectivity index is 2.78. The largest absolute Gasteiger partial charge is 0.497 e. The summed E-state index contributed by atoms with van der Waals surface area (Å²) >= 11 is 0. The zero-order valence-corrected chi connectivity index (χ0v) is 12.3. The van der Waals surface area contributed by atoms with Crippen molar-refractivity contribution < 1.29 is 9.47 Å². The SMILES string of the molecule is COc1cc(OC)c2c(CC(C)N)c(C)n(C)c2c1. The number of hydrogen-bond acceptors (Lipinski definition) is 3. The summed E-state index contributed by atoms with van der Waals surface area (Å²) in [7, 11) is 5.41. The van der Waals surface area contributed by atoms with Gasteiger partial charge < -0.3 is 19.8 Å². The van der Waals surface area contributed by atoms with Gasteiger partial charge in [0.2, 0.25) is 0 Å². The number of aromatic nitrogens is 1. The maximum atomic E-state index is 5.97. The summed E-state index contributed by atoms with van der Waals surface area (Å²) in [6.07, 6.45) is 0.839. The van der Waals surface area contributed by atoms with Crippen LogP contribution in [0.15, 0.2) is 12.1 Å². The number of nitrogens with zero attached hydrogens (tertiary/aromatic N) is 1. The van der Waals surface area contributed by atoms with Crippen LogP contribution in [-0.4, -0.2) is 24.8 Å². The molecule has 0 spiro atoms. The van der Waals surface area contributed by atoms with Gasteiger partial charge in [-0.1, -0.05) is 0 Å². The van der Waals surface area contributed by atoms with E-state index >= 15 is 0 Å². The number of benzene rings is 1. The van der Waals surface area contributed by atoms with Crippen molar-refractivity contribution in [3.63, 3.8) is 0 Å². The van der Waals surface area contributed by atoms with Gasteiger partial charge in [-0.2, -0.15) is 0 Å². The molecule has 1 unspecified atom stereocenters. The molecule has 0 fully saturated rings. The zero-order chi connectivity index (χ0) is 14.2. The molecule has 0 saturated carbocycles. The van der Waals surface area contributed by atoms with Crippen LogP contribution < -0.4 is 15.2 Å². The molecule has 0 aliphatic carbocycles. The first kappa shape index (κ1) is 13.7. The van der Waals surface area contributed by atoms with E-state index in [2.05, 4.69) is 18.5 Å². The first-order valence-electron chi connectivity index (χ1n) is 6.45. The lowest BCUT2D eigenvalue weighted by Crippen LogP contribution is -2.18. The van der Waals surface area contributed by atoms with Gasteiger partial charge in [0.05, 0.1) is 19.7 Å². The summed E-state index contributed by atoms with van der Waals surface area (Å²) in [4.78, 5) is 0. The second kappa shape index (κ2) is 5.13. The van der Waals surface area contributed by atoms with E-state index < -0.39 is 0 Å². The van der Waals surface area contributed by atoms with Gasteiger partial charge in [-0.3, -0.25) is 0 Å². The van der Waals surface area contributed by atoms with Crippen LogP contribution in [0.25, 0.3) is 10.9 Å². The molecule has 0 aliphatic heterocycles. The van der Waals surface area contributed by atoms with Gasteiger partial charge in [0.25, 0.3) is 0 Å². The van der Waals surface area contributed by atoms with Crippen molar-refractivity contribution in [1.29, 1.82) is 0 Å². The lowest BCUT2D eigenvalue weighted by molar-refractivity contribution is 0.397. The van der Waals surface area contributed by atoms with Crippen LogP contribution in [0.5, 0.6) is 11.5 Å². The molecule has 0 saturated heterocycles.